The van der Waals surface area contributed by atoms with E-state index in [4.69, 9.17) is 0 Å². The first kappa shape index (κ1) is 17.8. The van der Waals surface area contributed by atoms with Gasteiger partial charge in [-0.3, -0.25) is 14.2 Å². The van der Waals surface area contributed by atoms with E-state index in [1.165, 1.54) is 16.5 Å². The third-order valence-electron chi connectivity index (χ3n) is 4.06. The molecule has 0 aliphatic heterocycles. The van der Waals surface area contributed by atoms with E-state index in [9.17, 15) is 9.59 Å². The molecule has 26 heavy (non-hydrogen) atoms. The SMILES string of the molecule is CN(C)Cc1ccc(CNC(=O)Cn2cnc3ccccc3c2=O)cc1. The Bertz CT molecular complexity index is 961. The average Bonchev–Trinajstić information content (AvgIpc) is 2.63. The van der Waals surface area contributed by atoms with Gasteiger partial charge in [0, 0.05) is 13.1 Å². The van der Waals surface area contributed by atoms with Gasteiger partial charge in [-0.2, -0.15) is 0 Å². The summed E-state index contributed by atoms with van der Waals surface area (Å²) in [4.78, 5) is 30.9. The fraction of sp³-hybridized carbons (Fsp3) is 0.250. The van der Waals surface area contributed by atoms with Crippen LogP contribution in [0.15, 0.2) is 59.7 Å². The lowest BCUT2D eigenvalue weighted by Crippen LogP contribution is -2.32. The number of hydrogen-bond donors (Lipinski definition) is 1. The maximum Gasteiger partial charge on any atom is 0.261 e. The van der Waals surface area contributed by atoms with Gasteiger partial charge in [0.15, 0.2) is 0 Å². The van der Waals surface area contributed by atoms with Crippen molar-refractivity contribution in [2.45, 2.75) is 19.6 Å². The minimum Gasteiger partial charge on any atom is -0.350 e. The lowest BCUT2D eigenvalue weighted by atomic mass is 10.1. The van der Waals surface area contributed by atoms with Crippen LogP contribution in [0.1, 0.15) is 11.1 Å². The molecule has 6 nitrogen and oxygen atoms in total. The molecule has 1 heterocycles. The lowest BCUT2D eigenvalue weighted by molar-refractivity contribution is -0.121. The third-order valence-corrected chi connectivity index (χ3v) is 4.06. The Morgan fingerprint density at radius 3 is 2.50 bits per heavy atom. The quantitative estimate of drug-likeness (QED) is 0.736. The molecule has 1 aromatic heterocycles. The summed E-state index contributed by atoms with van der Waals surface area (Å²) in [5, 5.41) is 3.36. The highest BCUT2D eigenvalue weighted by Gasteiger charge is 2.08. The van der Waals surface area contributed by atoms with Crippen molar-refractivity contribution in [3.8, 4) is 0 Å². The Labute approximate surface area is 152 Å². The highest BCUT2D eigenvalue weighted by molar-refractivity contribution is 5.78. The number of carbonyl (C=O) groups is 1. The molecule has 0 radical (unpaired) electrons. The number of amides is 1. The minimum atomic E-state index is -0.221. The number of benzene rings is 2. The van der Waals surface area contributed by atoms with Crippen LogP contribution in [0.25, 0.3) is 10.9 Å². The van der Waals surface area contributed by atoms with E-state index in [0.29, 0.717) is 17.4 Å². The molecular weight excluding hydrogens is 328 g/mol. The number of fused-ring (bicyclic) bond motifs is 1. The van der Waals surface area contributed by atoms with Crippen molar-refractivity contribution in [3.63, 3.8) is 0 Å². The van der Waals surface area contributed by atoms with Crippen LogP contribution in [-0.4, -0.2) is 34.5 Å². The second-order valence-corrected chi connectivity index (χ2v) is 6.53. The smallest absolute Gasteiger partial charge is 0.261 e. The van der Waals surface area contributed by atoms with Crippen molar-refractivity contribution < 1.29 is 4.79 Å². The predicted octanol–water partition coefficient (Wildman–Crippen LogP) is 1.77. The monoisotopic (exact) mass is 350 g/mol. The van der Waals surface area contributed by atoms with Gasteiger partial charge in [-0.1, -0.05) is 36.4 Å². The summed E-state index contributed by atoms with van der Waals surface area (Å²) in [6.45, 7) is 1.26. The normalized spacial score (nSPS) is 11.0. The Morgan fingerprint density at radius 2 is 1.77 bits per heavy atom. The third kappa shape index (κ3) is 4.34. The summed E-state index contributed by atoms with van der Waals surface area (Å²) in [6.07, 6.45) is 1.42. The standard InChI is InChI=1S/C20H22N4O2/c1-23(2)12-16-9-7-15(8-10-16)11-21-19(25)13-24-14-22-18-6-4-3-5-17(18)20(24)26/h3-10,14H,11-13H2,1-2H3,(H,21,25). The molecule has 0 bridgehead atoms. The first-order valence-electron chi connectivity index (χ1n) is 8.46. The van der Waals surface area contributed by atoms with Crippen LogP contribution in [0.3, 0.4) is 0 Å². The molecule has 134 valence electrons. The fourth-order valence-corrected chi connectivity index (χ4v) is 2.76. The topological polar surface area (TPSA) is 67.2 Å². The number of hydrogen-bond acceptors (Lipinski definition) is 4. The van der Waals surface area contributed by atoms with E-state index in [1.54, 1.807) is 18.2 Å². The van der Waals surface area contributed by atoms with Crippen LogP contribution >= 0.6 is 0 Å². The molecule has 0 atom stereocenters. The van der Waals surface area contributed by atoms with Crippen molar-refractivity contribution in [1.82, 2.24) is 19.8 Å². The zero-order valence-electron chi connectivity index (χ0n) is 15.0. The van der Waals surface area contributed by atoms with Crippen molar-refractivity contribution in [2.75, 3.05) is 14.1 Å². The molecule has 0 spiro atoms. The molecule has 0 aliphatic carbocycles. The summed E-state index contributed by atoms with van der Waals surface area (Å²) < 4.78 is 1.33. The van der Waals surface area contributed by atoms with E-state index >= 15 is 0 Å². The number of carbonyl (C=O) groups excluding carboxylic acids is 1. The van der Waals surface area contributed by atoms with Gasteiger partial charge in [-0.25, -0.2) is 4.98 Å². The molecule has 1 N–H and O–H groups in total. The van der Waals surface area contributed by atoms with Crippen LogP contribution in [-0.2, 0) is 24.4 Å². The van der Waals surface area contributed by atoms with Crippen LogP contribution in [0.4, 0.5) is 0 Å². The van der Waals surface area contributed by atoms with Gasteiger partial charge in [-0.15, -0.1) is 0 Å². The van der Waals surface area contributed by atoms with Crippen molar-refractivity contribution >= 4 is 16.8 Å². The summed E-state index contributed by atoms with van der Waals surface area (Å²) in [7, 11) is 4.05. The Kier molecular flexibility index (Phi) is 5.43. The molecular formula is C20H22N4O2. The van der Waals surface area contributed by atoms with E-state index in [-0.39, 0.29) is 18.0 Å². The number of nitrogens with zero attached hydrogens (tertiary/aromatic N) is 3. The average molecular weight is 350 g/mol. The second-order valence-electron chi connectivity index (χ2n) is 6.53. The van der Waals surface area contributed by atoms with E-state index in [1.807, 2.05) is 32.3 Å². The minimum absolute atomic E-state index is 0.0462. The van der Waals surface area contributed by atoms with Crippen molar-refractivity contribution in [1.29, 1.82) is 0 Å². The molecule has 0 unspecified atom stereocenters. The molecule has 0 saturated heterocycles. The molecule has 3 aromatic rings. The largest absolute Gasteiger partial charge is 0.350 e. The maximum atomic E-state index is 12.4. The maximum absolute atomic E-state index is 12.4. The summed E-state index contributed by atoms with van der Waals surface area (Å²) in [6, 6.07) is 15.2. The van der Waals surface area contributed by atoms with E-state index < -0.39 is 0 Å². The zero-order valence-corrected chi connectivity index (χ0v) is 15.0. The van der Waals surface area contributed by atoms with Gasteiger partial charge in [0.2, 0.25) is 5.91 Å². The highest BCUT2D eigenvalue weighted by atomic mass is 16.2. The molecule has 0 saturated carbocycles. The van der Waals surface area contributed by atoms with Gasteiger partial charge >= 0.3 is 0 Å². The van der Waals surface area contributed by atoms with Crippen molar-refractivity contribution in [3.05, 3.63) is 76.3 Å². The molecule has 6 heteroatoms. The van der Waals surface area contributed by atoms with Gasteiger partial charge in [0.05, 0.1) is 17.2 Å². The molecule has 2 aromatic carbocycles. The van der Waals surface area contributed by atoms with Gasteiger partial charge in [-0.05, 0) is 37.4 Å². The number of nitrogens with one attached hydrogen (secondary N) is 1. The van der Waals surface area contributed by atoms with Crippen LogP contribution in [0, 0.1) is 0 Å². The molecule has 3 rings (SSSR count). The lowest BCUT2D eigenvalue weighted by Gasteiger charge is -2.11. The zero-order chi connectivity index (χ0) is 18.5. The summed E-state index contributed by atoms with van der Waals surface area (Å²) in [5.41, 5.74) is 2.66. The number of aromatic nitrogens is 2. The molecule has 0 fully saturated rings. The fourth-order valence-electron chi connectivity index (χ4n) is 2.76. The Hall–Kier alpha value is -2.99. The first-order chi connectivity index (χ1) is 12.5. The van der Waals surface area contributed by atoms with Crippen LogP contribution in [0.2, 0.25) is 0 Å². The molecule has 0 aliphatic rings. The summed E-state index contributed by atoms with van der Waals surface area (Å²) in [5.74, 6) is -0.221. The molecule has 1 amide bonds. The van der Waals surface area contributed by atoms with Crippen LogP contribution < -0.4 is 10.9 Å². The number of para-hydroxylation sites is 1. The van der Waals surface area contributed by atoms with Gasteiger partial charge < -0.3 is 10.2 Å². The van der Waals surface area contributed by atoms with Gasteiger partial charge in [0.25, 0.3) is 5.56 Å². The second kappa shape index (κ2) is 7.93. The highest BCUT2D eigenvalue weighted by Crippen LogP contribution is 2.06. The van der Waals surface area contributed by atoms with E-state index in [2.05, 4.69) is 27.3 Å². The first-order valence-corrected chi connectivity index (χ1v) is 8.46. The van der Waals surface area contributed by atoms with Crippen LogP contribution in [0.5, 0.6) is 0 Å². The number of rotatable bonds is 6. The van der Waals surface area contributed by atoms with Gasteiger partial charge in [0.1, 0.15) is 6.54 Å². The van der Waals surface area contributed by atoms with E-state index in [0.717, 1.165) is 12.1 Å². The summed E-state index contributed by atoms with van der Waals surface area (Å²) >= 11 is 0. The predicted molar refractivity (Wildman–Crippen MR) is 102 cm³/mol. The Morgan fingerprint density at radius 1 is 1.08 bits per heavy atom. The Balaban J connectivity index is 1.61. The van der Waals surface area contributed by atoms with Crippen molar-refractivity contribution in [2.24, 2.45) is 0 Å².